The van der Waals surface area contributed by atoms with E-state index in [4.69, 9.17) is 10.1 Å². The second-order valence-corrected chi connectivity index (χ2v) is 6.07. The molecule has 2 N–H and O–H groups in total. The molecule has 5 heteroatoms. The van der Waals surface area contributed by atoms with Crippen LogP contribution in [0, 0.1) is 11.2 Å². The molecule has 0 aliphatic carbocycles. The van der Waals surface area contributed by atoms with E-state index in [0.717, 1.165) is 11.8 Å². The average Bonchev–Trinajstić information content (AvgIpc) is 2.69. The normalized spacial score (nSPS) is 10.7. The van der Waals surface area contributed by atoms with E-state index in [9.17, 15) is 9.18 Å². The monoisotopic (exact) mass is 366 g/mol. The highest BCUT2D eigenvalue weighted by Gasteiger charge is 2.24. The van der Waals surface area contributed by atoms with Crippen molar-refractivity contribution in [2.75, 3.05) is 5.32 Å². The van der Waals surface area contributed by atoms with E-state index in [1.165, 1.54) is 24.3 Å². The van der Waals surface area contributed by atoms with Crippen LogP contribution in [0.1, 0.15) is 17.5 Å². The molecular formula is C22H23FN2O2. The molecule has 0 aromatic heterocycles. The number of hydrogen-bond acceptors (Lipinski definition) is 4. The summed E-state index contributed by atoms with van der Waals surface area (Å²) in [5, 5.41) is 10.6. The molecule has 2 rings (SSSR count). The van der Waals surface area contributed by atoms with Crippen molar-refractivity contribution in [2.24, 2.45) is 0 Å². The van der Waals surface area contributed by atoms with Crippen LogP contribution in [0.15, 0.2) is 73.8 Å². The molecule has 0 amide bonds. The van der Waals surface area contributed by atoms with Crippen molar-refractivity contribution in [1.82, 2.24) is 0 Å². The first-order valence-corrected chi connectivity index (χ1v) is 8.58. The number of nitrogens with one attached hydrogen (secondary N) is 2. The first kappa shape index (κ1) is 20.1. The van der Waals surface area contributed by atoms with Crippen LogP contribution in [0.3, 0.4) is 0 Å². The number of carbonyl (C=O) groups excluding carboxylic acids is 1. The van der Waals surface area contributed by atoms with Gasteiger partial charge in [-0.2, -0.15) is 0 Å². The summed E-state index contributed by atoms with van der Waals surface area (Å²) in [6, 6.07) is 14.4. The molecule has 2 aromatic carbocycles. The number of hydrogen-bond donors (Lipinski definition) is 2. The number of rotatable bonds is 10. The molecule has 0 saturated heterocycles. The zero-order valence-electron chi connectivity index (χ0n) is 15.1. The maximum atomic E-state index is 13.9. The fourth-order valence-electron chi connectivity index (χ4n) is 2.51. The minimum absolute atomic E-state index is 0.0544. The fraction of sp³-hybridized carbons (Fsp3) is 0.182. The van der Waals surface area contributed by atoms with Crippen molar-refractivity contribution in [1.29, 1.82) is 5.41 Å². The van der Waals surface area contributed by atoms with Crippen LogP contribution in [-0.4, -0.2) is 17.8 Å². The topological polar surface area (TPSA) is 62.2 Å². The van der Waals surface area contributed by atoms with E-state index < -0.39 is 11.6 Å². The molecule has 27 heavy (non-hydrogen) atoms. The minimum atomic E-state index is -1.30. The number of anilines is 1. The van der Waals surface area contributed by atoms with E-state index in [-0.39, 0.29) is 12.2 Å². The Morgan fingerprint density at radius 3 is 2.48 bits per heavy atom. The van der Waals surface area contributed by atoms with E-state index in [0.29, 0.717) is 24.2 Å². The van der Waals surface area contributed by atoms with Crippen molar-refractivity contribution >= 4 is 17.9 Å². The number of ether oxygens (including phenoxy) is 1. The summed E-state index contributed by atoms with van der Waals surface area (Å²) in [4.78, 5) is 12.1. The molecular weight excluding hydrogens is 343 g/mol. The van der Waals surface area contributed by atoms with Gasteiger partial charge in [0.15, 0.2) is 5.60 Å². The Kier molecular flexibility index (Phi) is 7.06. The van der Waals surface area contributed by atoms with Gasteiger partial charge in [-0.1, -0.05) is 43.5 Å². The maximum Gasteiger partial charge on any atom is 0.307 e. The number of carbonyl (C=O) groups is 1. The Bertz CT molecular complexity index is 797. The predicted molar refractivity (Wildman–Crippen MR) is 106 cm³/mol. The van der Waals surface area contributed by atoms with Crippen molar-refractivity contribution in [3.05, 3.63) is 90.8 Å². The van der Waals surface area contributed by atoms with Crippen LogP contribution < -0.4 is 5.32 Å². The van der Waals surface area contributed by atoms with Crippen molar-refractivity contribution in [3.8, 4) is 0 Å². The Hall–Kier alpha value is -3.21. The number of aryl methyl sites for hydroxylation is 1. The van der Waals surface area contributed by atoms with Crippen molar-refractivity contribution in [2.45, 2.75) is 25.0 Å². The second-order valence-electron chi connectivity index (χ2n) is 6.07. The Morgan fingerprint density at radius 1 is 1.15 bits per heavy atom. The van der Waals surface area contributed by atoms with Crippen LogP contribution in [0.5, 0.6) is 0 Å². The summed E-state index contributed by atoms with van der Waals surface area (Å²) in [5.74, 6) is -0.885. The molecule has 0 bridgehead atoms. The van der Waals surface area contributed by atoms with Gasteiger partial charge in [-0.05, 0) is 47.9 Å². The summed E-state index contributed by atoms with van der Waals surface area (Å²) < 4.78 is 19.1. The molecule has 2 aromatic rings. The van der Waals surface area contributed by atoms with E-state index in [2.05, 4.69) is 18.5 Å². The zero-order chi connectivity index (χ0) is 19.7. The highest BCUT2D eigenvalue weighted by Crippen LogP contribution is 2.18. The lowest BCUT2D eigenvalue weighted by atomic mass is 10.1. The molecule has 140 valence electrons. The van der Waals surface area contributed by atoms with Crippen molar-refractivity contribution in [3.63, 3.8) is 0 Å². The van der Waals surface area contributed by atoms with Gasteiger partial charge in [-0.25, -0.2) is 4.39 Å². The number of benzene rings is 2. The predicted octanol–water partition coefficient (Wildman–Crippen LogP) is 4.67. The van der Waals surface area contributed by atoms with Crippen molar-refractivity contribution < 1.29 is 13.9 Å². The Balaban J connectivity index is 1.97. The summed E-state index contributed by atoms with van der Waals surface area (Å²) in [6.45, 7) is 7.69. The summed E-state index contributed by atoms with van der Waals surface area (Å²) in [5.41, 5.74) is 1.11. The van der Waals surface area contributed by atoms with Crippen LogP contribution in [0.2, 0.25) is 0 Å². The van der Waals surface area contributed by atoms with Crippen LogP contribution >= 0.6 is 0 Å². The lowest BCUT2D eigenvalue weighted by molar-refractivity contribution is -0.147. The van der Waals surface area contributed by atoms with Gasteiger partial charge in [0.05, 0.1) is 0 Å². The molecule has 0 aliphatic rings. The third kappa shape index (κ3) is 5.92. The van der Waals surface area contributed by atoms with Gasteiger partial charge in [0, 0.05) is 24.9 Å². The van der Waals surface area contributed by atoms with Gasteiger partial charge < -0.3 is 15.5 Å². The molecule has 0 fully saturated rings. The highest BCUT2D eigenvalue weighted by atomic mass is 19.1. The lowest BCUT2D eigenvalue weighted by Crippen LogP contribution is -2.32. The maximum absolute atomic E-state index is 13.9. The third-order valence-electron chi connectivity index (χ3n) is 4.07. The molecule has 0 saturated carbocycles. The van der Waals surface area contributed by atoms with E-state index >= 15 is 0 Å². The summed E-state index contributed by atoms with van der Waals surface area (Å²) >= 11 is 0. The summed E-state index contributed by atoms with van der Waals surface area (Å²) in [6.07, 6.45) is 3.99. The standard InChI is InChI=1S/C22H23FN2O2/c1-3-22(4-2,16-24)27-21(26)11-10-18-12-19(23)14-20(13-18)25-15-17-8-6-5-7-9-17/h3-9,12-14,16,24-25H,1-2,10-11,15H2. The smallest absolute Gasteiger partial charge is 0.307 e. The quantitative estimate of drug-likeness (QED) is 0.365. The first-order valence-electron chi connectivity index (χ1n) is 8.58. The minimum Gasteiger partial charge on any atom is -0.445 e. The summed E-state index contributed by atoms with van der Waals surface area (Å²) in [7, 11) is 0. The lowest BCUT2D eigenvalue weighted by Gasteiger charge is -2.21. The van der Waals surface area contributed by atoms with Gasteiger partial charge in [-0.3, -0.25) is 4.79 Å². The molecule has 0 heterocycles. The van der Waals surface area contributed by atoms with Gasteiger partial charge in [0.25, 0.3) is 0 Å². The SMILES string of the molecule is C=CC(C=C)(C=N)OC(=O)CCc1cc(F)cc(NCc2ccccc2)c1. The largest absolute Gasteiger partial charge is 0.445 e. The second kappa shape index (κ2) is 9.48. The number of esters is 1. The van der Waals surface area contributed by atoms with Gasteiger partial charge in [0.2, 0.25) is 0 Å². The van der Waals surface area contributed by atoms with Gasteiger partial charge in [0.1, 0.15) is 5.82 Å². The third-order valence-corrected chi connectivity index (χ3v) is 4.07. The van der Waals surface area contributed by atoms with E-state index in [1.54, 1.807) is 0 Å². The average molecular weight is 366 g/mol. The Morgan fingerprint density at radius 2 is 1.85 bits per heavy atom. The van der Waals surface area contributed by atoms with E-state index in [1.807, 2.05) is 36.4 Å². The molecule has 0 unspecified atom stereocenters. The number of halogens is 1. The first-order chi connectivity index (χ1) is 13.0. The van der Waals surface area contributed by atoms with Crippen LogP contribution in [-0.2, 0) is 22.5 Å². The molecule has 4 nitrogen and oxygen atoms in total. The van der Waals surface area contributed by atoms with Gasteiger partial charge >= 0.3 is 5.97 Å². The Labute approximate surface area is 158 Å². The highest BCUT2D eigenvalue weighted by molar-refractivity contribution is 5.79. The molecule has 0 spiro atoms. The molecule has 0 aliphatic heterocycles. The van der Waals surface area contributed by atoms with Gasteiger partial charge in [-0.15, -0.1) is 0 Å². The molecule has 0 atom stereocenters. The fourth-order valence-corrected chi connectivity index (χ4v) is 2.51. The zero-order valence-corrected chi connectivity index (χ0v) is 15.1. The molecule has 0 radical (unpaired) electrons. The van der Waals surface area contributed by atoms with Crippen LogP contribution in [0.25, 0.3) is 0 Å². The van der Waals surface area contributed by atoms with Crippen LogP contribution in [0.4, 0.5) is 10.1 Å².